The molecule has 0 aromatic carbocycles. The molecule has 1 rings (SSSR count). The Hall–Kier alpha value is -1.53. The number of hydrogen-bond acceptors (Lipinski definition) is 4. The summed E-state index contributed by atoms with van der Waals surface area (Å²) >= 11 is 0. The Labute approximate surface area is 112 Å². The number of pyridine rings is 1. The fourth-order valence-electron chi connectivity index (χ4n) is 1.63. The van der Waals surface area contributed by atoms with Gasteiger partial charge in [0.25, 0.3) is 5.91 Å². The normalized spacial score (nSPS) is 10.5. The lowest BCUT2D eigenvalue weighted by Gasteiger charge is -2.22. The number of methoxy groups -OCH3 is 2. The molecule has 0 fully saturated rings. The maximum atomic E-state index is 13.0. The second-order valence-electron chi connectivity index (χ2n) is 4.00. The van der Waals surface area contributed by atoms with Gasteiger partial charge in [-0.3, -0.25) is 4.79 Å². The van der Waals surface area contributed by atoms with E-state index in [0.717, 1.165) is 12.5 Å². The van der Waals surface area contributed by atoms with Crippen molar-refractivity contribution in [2.24, 2.45) is 0 Å². The maximum Gasteiger partial charge on any atom is 0.254 e. The lowest BCUT2D eigenvalue weighted by Crippen LogP contribution is -2.35. The SMILES string of the molecule is COCCCN(CCOC)C(=O)c1ccnc(F)c1. The van der Waals surface area contributed by atoms with Gasteiger partial charge < -0.3 is 14.4 Å². The zero-order valence-corrected chi connectivity index (χ0v) is 11.3. The van der Waals surface area contributed by atoms with Crippen LogP contribution in [0, 0.1) is 5.95 Å². The van der Waals surface area contributed by atoms with Crippen molar-refractivity contribution in [3.63, 3.8) is 0 Å². The number of amides is 1. The van der Waals surface area contributed by atoms with E-state index in [9.17, 15) is 9.18 Å². The van der Waals surface area contributed by atoms with Gasteiger partial charge in [-0.2, -0.15) is 4.39 Å². The summed E-state index contributed by atoms with van der Waals surface area (Å²) in [7, 11) is 3.18. The smallest absolute Gasteiger partial charge is 0.254 e. The topological polar surface area (TPSA) is 51.7 Å². The van der Waals surface area contributed by atoms with E-state index in [1.165, 1.54) is 12.3 Å². The van der Waals surface area contributed by atoms with Gasteiger partial charge in [0.05, 0.1) is 6.61 Å². The van der Waals surface area contributed by atoms with E-state index < -0.39 is 5.95 Å². The molecule has 0 spiro atoms. The molecule has 106 valence electrons. The highest BCUT2D eigenvalue weighted by Gasteiger charge is 2.15. The number of carbonyl (C=O) groups excluding carboxylic acids is 1. The molecule has 1 heterocycles. The van der Waals surface area contributed by atoms with E-state index >= 15 is 0 Å². The lowest BCUT2D eigenvalue weighted by molar-refractivity contribution is 0.0673. The van der Waals surface area contributed by atoms with Crippen LogP contribution in [0.4, 0.5) is 4.39 Å². The van der Waals surface area contributed by atoms with Gasteiger partial charge in [-0.05, 0) is 12.5 Å². The fraction of sp³-hybridized carbons (Fsp3) is 0.538. The number of aromatic nitrogens is 1. The highest BCUT2D eigenvalue weighted by atomic mass is 19.1. The third-order valence-corrected chi connectivity index (χ3v) is 2.60. The Kier molecular flexibility index (Phi) is 6.99. The van der Waals surface area contributed by atoms with Crippen LogP contribution in [-0.4, -0.2) is 56.3 Å². The van der Waals surface area contributed by atoms with Crippen molar-refractivity contribution in [2.75, 3.05) is 40.5 Å². The first kappa shape index (κ1) is 15.5. The summed E-state index contributed by atoms with van der Waals surface area (Å²) in [5, 5.41) is 0. The van der Waals surface area contributed by atoms with E-state index in [0.29, 0.717) is 31.9 Å². The number of rotatable bonds is 8. The molecule has 0 N–H and O–H groups in total. The minimum Gasteiger partial charge on any atom is -0.385 e. The molecule has 0 unspecified atom stereocenters. The van der Waals surface area contributed by atoms with E-state index in [2.05, 4.69) is 4.98 Å². The fourth-order valence-corrected chi connectivity index (χ4v) is 1.63. The first-order valence-corrected chi connectivity index (χ1v) is 6.07. The number of hydrogen-bond donors (Lipinski definition) is 0. The molecule has 1 aromatic heterocycles. The van der Waals surface area contributed by atoms with Crippen molar-refractivity contribution in [2.45, 2.75) is 6.42 Å². The number of nitrogens with zero attached hydrogens (tertiary/aromatic N) is 2. The lowest BCUT2D eigenvalue weighted by atomic mass is 10.2. The van der Waals surface area contributed by atoms with Crippen molar-refractivity contribution < 1.29 is 18.7 Å². The average Bonchev–Trinajstić information content (AvgIpc) is 2.42. The zero-order chi connectivity index (χ0) is 14.1. The summed E-state index contributed by atoms with van der Waals surface area (Å²) in [5.74, 6) is -0.885. The Morgan fingerprint density at radius 2 is 2.05 bits per heavy atom. The maximum absolute atomic E-state index is 13.0. The standard InChI is InChI=1S/C13H19FN2O3/c1-18-8-3-6-16(7-9-19-2)13(17)11-4-5-15-12(14)10-11/h4-5,10H,3,6-9H2,1-2H3. The molecular formula is C13H19FN2O3. The summed E-state index contributed by atoms with van der Waals surface area (Å²) in [5.41, 5.74) is 0.293. The van der Waals surface area contributed by atoms with Gasteiger partial charge in [0.15, 0.2) is 0 Å². The first-order valence-electron chi connectivity index (χ1n) is 6.07. The van der Waals surface area contributed by atoms with Gasteiger partial charge >= 0.3 is 0 Å². The molecule has 0 saturated heterocycles. The molecule has 0 radical (unpaired) electrons. The second-order valence-corrected chi connectivity index (χ2v) is 4.00. The van der Waals surface area contributed by atoms with Gasteiger partial charge in [-0.25, -0.2) is 4.98 Å². The quantitative estimate of drug-likeness (QED) is 0.528. The van der Waals surface area contributed by atoms with Crippen LogP contribution in [0.25, 0.3) is 0 Å². The van der Waals surface area contributed by atoms with E-state index in [4.69, 9.17) is 9.47 Å². The van der Waals surface area contributed by atoms with Crippen molar-refractivity contribution in [3.8, 4) is 0 Å². The first-order chi connectivity index (χ1) is 9.19. The van der Waals surface area contributed by atoms with Crippen molar-refractivity contribution in [3.05, 3.63) is 29.8 Å². The van der Waals surface area contributed by atoms with E-state index in [1.807, 2.05) is 0 Å². The van der Waals surface area contributed by atoms with Crippen molar-refractivity contribution >= 4 is 5.91 Å². The Balaban J connectivity index is 2.69. The molecule has 0 saturated carbocycles. The number of ether oxygens (including phenoxy) is 2. The van der Waals surface area contributed by atoms with Crippen LogP contribution in [0.1, 0.15) is 16.8 Å². The summed E-state index contributed by atoms with van der Waals surface area (Å²) in [6.45, 7) is 2.01. The van der Waals surface area contributed by atoms with Crippen LogP contribution in [-0.2, 0) is 9.47 Å². The molecule has 1 amide bonds. The average molecular weight is 270 g/mol. The molecule has 0 aliphatic carbocycles. The Bertz CT molecular complexity index is 401. The molecule has 0 bridgehead atoms. The Morgan fingerprint density at radius 1 is 1.32 bits per heavy atom. The highest BCUT2D eigenvalue weighted by molar-refractivity contribution is 5.94. The molecule has 1 aromatic rings. The zero-order valence-electron chi connectivity index (χ0n) is 11.3. The Morgan fingerprint density at radius 3 is 2.68 bits per heavy atom. The summed E-state index contributed by atoms with van der Waals surface area (Å²) in [6.07, 6.45) is 2.01. The largest absolute Gasteiger partial charge is 0.385 e. The second kappa shape index (κ2) is 8.55. The minimum atomic E-state index is -0.658. The molecule has 0 aliphatic rings. The molecule has 0 aliphatic heterocycles. The third-order valence-electron chi connectivity index (χ3n) is 2.60. The molecule has 0 atom stereocenters. The van der Waals surface area contributed by atoms with Crippen LogP contribution >= 0.6 is 0 Å². The van der Waals surface area contributed by atoms with Gasteiger partial charge in [-0.15, -0.1) is 0 Å². The van der Waals surface area contributed by atoms with Gasteiger partial charge in [0, 0.05) is 51.7 Å². The molecular weight excluding hydrogens is 251 g/mol. The van der Waals surface area contributed by atoms with Gasteiger partial charge in [0.2, 0.25) is 5.95 Å². The van der Waals surface area contributed by atoms with Crippen molar-refractivity contribution in [1.29, 1.82) is 0 Å². The van der Waals surface area contributed by atoms with Crippen LogP contribution in [0.3, 0.4) is 0 Å². The van der Waals surface area contributed by atoms with E-state index in [-0.39, 0.29) is 5.91 Å². The predicted octanol–water partition coefficient (Wildman–Crippen LogP) is 1.35. The predicted molar refractivity (Wildman–Crippen MR) is 68.5 cm³/mol. The monoisotopic (exact) mass is 270 g/mol. The van der Waals surface area contributed by atoms with E-state index in [1.54, 1.807) is 19.1 Å². The minimum absolute atomic E-state index is 0.227. The van der Waals surface area contributed by atoms with Gasteiger partial charge in [0.1, 0.15) is 0 Å². The van der Waals surface area contributed by atoms with Crippen LogP contribution in [0.15, 0.2) is 18.3 Å². The summed E-state index contributed by atoms with van der Waals surface area (Å²) in [4.78, 5) is 17.3. The third kappa shape index (κ3) is 5.32. The summed E-state index contributed by atoms with van der Waals surface area (Å²) < 4.78 is 23.0. The summed E-state index contributed by atoms with van der Waals surface area (Å²) in [6, 6.07) is 2.64. The highest BCUT2D eigenvalue weighted by Crippen LogP contribution is 2.06. The van der Waals surface area contributed by atoms with Crippen LogP contribution < -0.4 is 0 Å². The van der Waals surface area contributed by atoms with Crippen molar-refractivity contribution in [1.82, 2.24) is 9.88 Å². The molecule has 6 heteroatoms. The molecule has 5 nitrogen and oxygen atoms in total. The van der Waals surface area contributed by atoms with Crippen LogP contribution in [0.2, 0.25) is 0 Å². The van der Waals surface area contributed by atoms with Gasteiger partial charge in [-0.1, -0.05) is 0 Å². The number of halogens is 1. The van der Waals surface area contributed by atoms with Crippen LogP contribution in [0.5, 0.6) is 0 Å². The number of carbonyl (C=O) groups is 1. The molecule has 19 heavy (non-hydrogen) atoms.